The Labute approximate surface area is 187 Å². The van der Waals surface area contributed by atoms with Crippen LogP contribution in [0.3, 0.4) is 0 Å². The Morgan fingerprint density at radius 2 is 1.62 bits per heavy atom. The molecule has 0 aliphatic rings. The predicted octanol–water partition coefficient (Wildman–Crippen LogP) is 5.77. The smallest absolute Gasteiger partial charge is 0.189 e. The molecule has 29 heavy (non-hydrogen) atoms. The fraction of sp³-hybridized carbons (Fsp3) is 0.136. The number of rotatable bonds is 5. The van der Waals surface area contributed by atoms with Gasteiger partial charge in [0.15, 0.2) is 10.8 Å². The topological polar surface area (TPSA) is 64.7 Å². The van der Waals surface area contributed by atoms with Gasteiger partial charge in [0.25, 0.3) is 0 Å². The van der Waals surface area contributed by atoms with Gasteiger partial charge in [0.1, 0.15) is 0 Å². The number of hydrogen-bond acceptors (Lipinski definition) is 5. The van der Waals surface area contributed by atoms with E-state index in [-0.39, 0.29) is 24.8 Å². The minimum atomic E-state index is 0. The van der Waals surface area contributed by atoms with Gasteiger partial charge in [-0.1, -0.05) is 73.3 Å². The summed E-state index contributed by atoms with van der Waals surface area (Å²) in [6, 6.07) is 20.7. The Hall–Kier alpha value is -2.18. The lowest BCUT2D eigenvalue weighted by molar-refractivity contribution is 0.990. The van der Waals surface area contributed by atoms with Crippen molar-refractivity contribution in [1.82, 2.24) is 15.0 Å². The maximum absolute atomic E-state index is 5.74. The van der Waals surface area contributed by atoms with Gasteiger partial charge in [0.2, 0.25) is 0 Å². The number of halogens is 2. The van der Waals surface area contributed by atoms with Gasteiger partial charge in [-0.2, -0.15) is 0 Å². The van der Waals surface area contributed by atoms with E-state index >= 15 is 0 Å². The van der Waals surface area contributed by atoms with Crippen molar-refractivity contribution in [1.29, 1.82) is 0 Å². The van der Waals surface area contributed by atoms with Gasteiger partial charge < -0.3 is 5.73 Å². The van der Waals surface area contributed by atoms with E-state index in [9.17, 15) is 0 Å². The van der Waals surface area contributed by atoms with Crippen molar-refractivity contribution in [2.45, 2.75) is 18.6 Å². The van der Waals surface area contributed by atoms with E-state index in [0.29, 0.717) is 6.54 Å². The average Bonchev–Trinajstić information content (AvgIpc) is 2.74. The Kier molecular flexibility index (Phi) is 8.41. The monoisotopic (exact) mass is 444 g/mol. The van der Waals surface area contributed by atoms with Gasteiger partial charge in [-0.15, -0.1) is 24.8 Å². The third kappa shape index (κ3) is 5.06. The number of nitrogens with zero attached hydrogens (tertiary/aromatic N) is 3. The first kappa shape index (κ1) is 23.1. The molecule has 0 saturated carbocycles. The normalized spacial score (nSPS) is 10.3. The molecular formula is C22H22Cl2N4S. The summed E-state index contributed by atoms with van der Waals surface area (Å²) >= 11 is 1.62. The minimum Gasteiger partial charge on any atom is -0.326 e. The van der Waals surface area contributed by atoms with E-state index in [2.05, 4.69) is 47.2 Å². The molecule has 0 aliphatic heterocycles. The second-order valence-corrected chi connectivity index (χ2v) is 7.38. The number of benzene rings is 2. The van der Waals surface area contributed by atoms with Gasteiger partial charge in [0, 0.05) is 29.3 Å². The van der Waals surface area contributed by atoms with Crippen molar-refractivity contribution < 1.29 is 0 Å². The molecule has 4 aromatic rings. The number of hydrogen-bond donors (Lipinski definition) is 1. The molecule has 2 aromatic heterocycles. The van der Waals surface area contributed by atoms with Crippen molar-refractivity contribution in [3.8, 4) is 22.4 Å². The van der Waals surface area contributed by atoms with E-state index in [1.807, 2.05) is 36.5 Å². The number of nitrogens with two attached hydrogens (primary N) is 1. The predicted molar refractivity (Wildman–Crippen MR) is 127 cm³/mol. The SMILES string of the molecule is CCSc1ncc2cc(-c3ccccc3)c(-c3ccc(CN)cc3)nc2n1.Cl.Cl. The first-order valence-corrected chi connectivity index (χ1v) is 9.92. The van der Waals surface area contributed by atoms with Crippen LogP contribution in [0, 0.1) is 0 Å². The molecule has 4 rings (SSSR count). The highest BCUT2D eigenvalue weighted by atomic mass is 35.5. The molecule has 0 aliphatic carbocycles. The molecular weight excluding hydrogens is 423 g/mol. The van der Waals surface area contributed by atoms with E-state index in [0.717, 1.165) is 49.9 Å². The van der Waals surface area contributed by atoms with E-state index in [1.54, 1.807) is 11.8 Å². The van der Waals surface area contributed by atoms with Crippen LogP contribution in [0.4, 0.5) is 0 Å². The number of thioether (sulfide) groups is 1. The van der Waals surface area contributed by atoms with Gasteiger partial charge in [-0.05, 0) is 22.9 Å². The first-order chi connectivity index (χ1) is 13.3. The Bertz CT molecular complexity index is 1070. The molecule has 2 N–H and O–H groups in total. The molecule has 150 valence electrons. The quantitative estimate of drug-likeness (QED) is 0.312. The van der Waals surface area contributed by atoms with Crippen LogP contribution < -0.4 is 5.73 Å². The van der Waals surface area contributed by atoms with Crippen LogP contribution in [0.5, 0.6) is 0 Å². The van der Waals surface area contributed by atoms with Crippen molar-refractivity contribution in [2.24, 2.45) is 5.73 Å². The second-order valence-electron chi connectivity index (χ2n) is 6.15. The van der Waals surface area contributed by atoms with Crippen LogP contribution in [0.15, 0.2) is 72.0 Å². The molecule has 0 bridgehead atoms. The highest BCUT2D eigenvalue weighted by Gasteiger charge is 2.13. The summed E-state index contributed by atoms with van der Waals surface area (Å²) in [5.41, 5.74) is 11.7. The van der Waals surface area contributed by atoms with E-state index in [1.165, 1.54) is 0 Å². The number of aromatic nitrogens is 3. The Morgan fingerprint density at radius 1 is 0.897 bits per heavy atom. The van der Waals surface area contributed by atoms with E-state index in [4.69, 9.17) is 10.7 Å². The lowest BCUT2D eigenvalue weighted by Gasteiger charge is -2.12. The maximum atomic E-state index is 5.74. The fourth-order valence-corrected chi connectivity index (χ4v) is 3.54. The summed E-state index contributed by atoms with van der Waals surface area (Å²) in [6.45, 7) is 2.62. The van der Waals surface area contributed by atoms with Crippen LogP contribution >= 0.6 is 36.6 Å². The van der Waals surface area contributed by atoms with Crippen LogP contribution in [-0.4, -0.2) is 20.7 Å². The van der Waals surface area contributed by atoms with Gasteiger partial charge >= 0.3 is 0 Å². The van der Waals surface area contributed by atoms with E-state index < -0.39 is 0 Å². The van der Waals surface area contributed by atoms with Crippen molar-refractivity contribution in [3.63, 3.8) is 0 Å². The van der Waals surface area contributed by atoms with Crippen LogP contribution in [0.25, 0.3) is 33.4 Å². The van der Waals surface area contributed by atoms with Gasteiger partial charge in [0.05, 0.1) is 5.69 Å². The zero-order chi connectivity index (χ0) is 18.6. The molecule has 0 radical (unpaired) electrons. The number of fused-ring (bicyclic) bond motifs is 1. The molecule has 0 amide bonds. The van der Waals surface area contributed by atoms with Crippen LogP contribution in [0.1, 0.15) is 12.5 Å². The Balaban J connectivity index is 0.00000150. The molecule has 0 unspecified atom stereocenters. The molecule has 7 heteroatoms. The highest BCUT2D eigenvalue weighted by molar-refractivity contribution is 7.99. The third-order valence-electron chi connectivity index (χ3n) is 4.37. The molecule has 0 fully saturated rings. The summed E-state index contributed by atoms with van der Waals surface area (Å²) in [6.07, 6.45) is 1.86. The summed E-state index contributed by atoms with van der Waals surface area (Å²) in [7, 11) is 0. The molecule has 2 heterocycles. The third-order valence-corrected chi connectivity index (χ3v) is 5.11. The van der Waals surface area contributed by atoms with Gasteiger partial charge in [-0.3, -0.25) is 0 Å². The van der Waals surface area contributed by atoms with Gasteiger partial charge in [-0.25, -0.2) is 15.0 Å². The Morgan fingerprint density at radius 3 is 2.28 bits per heavy atom. The lowest BCUT2D eigenvalue weighted by atomic mass is 9.98. The molecule has 0 saturated heterocycles. The zero-order valence-electron chi connectivity index (χ0n) is 15.9. The standard InChI is InChI=1S/C22H20N4S.2ClH/c1-2-27-22-24-14-18-12-19(16-6-4-3-5-7-16)20(25-21(18)26-22)17-10-8-15(13-23)9-11-17;;/h3-12,14H,2,13,23H2,1H3;2*1H. The molecule has 2 aromatic carbocycles. The maximum Gasteiger partial charge on any atom is 0.189 e. The zero-order valence-corrected chi connectivity index (χ0v) is 18.4. The lowest BCUT2D eigenvalue weighted by Crippen LogP contribution is -1.97. The second kappa shape index (κ2) is 10.6. The summed E-state index contributed by atoms with van der Waals surface area (Å²) in [4.78, 5) is 14.0. The van der Waals surface area contributed by atoms with Crippen molar-refractivity contribution >= 4 is 47.6 Å². The van der Waals surface area contributed by atoms with Crippen LogP contribution in [-0.2, 0) is 6.54 Å². The summed E-state index contributed by atoms with van der Waals surface area (Å²) in [5.74, 6) is 0.932. The minimum absolute atomic E-state index is 0. The van der Waals surface area contributed by atoms with Crippen LogP contribution in [0.2, 0.25) is 0 Å². The molecule has 0 atom stereocenters. The number of pyridine rings is 1. The summed E-state index contributed by atoms with van der Waals surface area (Å²) < 4.78 is 0. The van der Waals surface area contributed by atoms with Crippen molar-refractivity contribution in [3.05, 3.63) is 72.4 Å². The largest absolute Gasteiger partial charge is 0.326 e. The summed E-state index contributed by atoms with van der Waals surface area (Å²) in [5, 5.41) is 1.70. The molecule has 0 spiro atoms. The first-order valence-electron chi connectivity index (χ1n) is 8.94. The molecule has 4 nitrogen and oxygen atoms in total. The average molecular weight is 445 g/mol. The van der Waals surface area contributed by atoms with Crippen molar-refractivity contribution in [2.75, 3.05) is 5.75 Å². The highest BCUT2D eigenvalue weighted by Crippen LogP contribution is 2.33. The fourth-order valence-electron chi connectivity index (χ4n) is 3.00.